The van der Waals surface area contributed by atoms with Crippen LogP contribution in [-0.4, -0.2) is 23.6 Å². The first-order chi connectivity index (χ1) is 7.86. The number of amidine groups is 1. The fourth-order valence-corrected chi connectivity index (χ4v) is 2.25. The Labute approximate surface area is 95.7 Å². The van der Waals surface area contributed by atoms with E-state index in [4.69, 9.17) is 4.74 Å². The summed E-state index contributed by atoms with van der Waals surface area (Å²) in [4.78, 5) is 6.81. The van der Waals surface area contributed by atoms with E-state index in [1.807, 2.05) is 0 Å². The van der Waals surface area contributed by atoms with Gasteiger partial charge in [0.05, 0.1) is 6.04 Å². The van der Waals surface area contributed by atoms with Gasteiger partial charge in [-0.05, 0) is 17.5 Å². The SMILES string of the molecule is CC[C@@H]1COC(N2Cc3ccccc3C2)=N1. The number of nitrogens with zero attached hydrogens (tertiary/aromatic N) is 2. The van der Waals surface area contributed by atoms with Gasteiger partial charge >= 0.3 is 0 Å². The highest BCUT2D eigenvalue weighted by Crippen LogP contribution is 2.24. The zero-order valence-electron chi connectivity index (χ0n) is 9.52. The molecular weight excluding hydrogens is 200 g/mol. The molecule has 2 aliphatic heterocycles. The molecule has 0 N–H and O–H groups in total. The summed E-state index contributed by atoms with van der Waals surface area (Å²) in [6.45, 7) is 4.77. The monoisotopic (exact) mass is 216 g/mol. The minimum Gasteiger partial charge on any atom is -0.463 e. The summed E-state index contributed by atoms with van der Waals surface area (Å²) in [5.41, 5.74) is 2.79. The molecule has 0 fully saturated rings. The summed E-state index contributed by atoms with van der Waals surface area (Å²) in [5, 5.41) is 0. The highest BCUT2D eigenvalue weighted by atomic mass is 16.5. The smallest absolute Gasteiger partial charge is 0.288 e. The lowest BCUT2D eigenvalue weighted by Crippen LogP contribution is -2.25. The van der Waals surface area contributed by atoms with Gasteiger partial charge in [0.25, 0.3) is 6.02 Å². The molecule has 0 unspecified atom stereocenters. The van der Waals surface area contributed by atoms with Crippen molar-refractivity contribution in [2.24, 2.45) is 4.99 Å². The summed E-state index contributed by atoms with van der Waals surface area (Å²) in [6.07, 6.45) is 1.06. The minimum absolute atomic E-state index is 0.360. The van der Waals surface area contributed by atoms with E-state index in [2.05, 4.69) is 41.1 Å². The normalized spacial score (nSPS) is 22.9. The van der Waals surface area contributed by atoms with Crippen LogP contribution in [0.3, 0.4) is 0 Å². The molecule has 2 aliphatic rings. The van der Waals surface area contributed by atoms with Crippen LogP contribution in [0.2, 0.25) is 0 Å². The van der Waals surface area contributed by atoms with Crippen molar-refractivity contribution in [3.05, 3.63) is 35.4 Å². The predicted octanol–water partition coefficient (Wildman–Crippen LogP) is 2.17. The second-order valence-corrected chi connectivity index (χ2v) is 4.41. The molecule has 0 amide bonds. The van der Waals surface area contributed by atoms with Crippen molar-refractivity contribution in [3.8, 4) is 0 Å². The maximum atomic E-state index is 5.65. The minimum atomic E-state index is 0.360. The lowest BCUT2D eigenvalue weighted by atomic mass is 10.1. The predicted molar refractivity (Wildman–Crippen MR) is 63.2 cm³/mol. The third-order valence-electron chi connectivity index (χ3n) is 3.28. The number of aliphatic imine (C=N–C) groups is 1. The van der Waals surface area contributed by atoms with Crippen molar-refractivity contribution in [2.75, 3.05) is 6.61 Å². The van der Waals surface area contributed by atoms with Crippen molar-refractivity contribution >= 4 is 6.02 Å². The maximum absolute atomic E-state index is 5.65. The van der Waals surface area contributed by atoms with Gasteiger partial charge in [-0.1, -0.05) is 31.2 Å². The molecule has 0 bridgehead atoms. The van der Waals surface area contributed by atoms with Crippen LogP contribution in [0.15, 0.2) is 29.3 Å². The van der Waals surface area contributed by atoms with E-state index in [0.29, 0.717) is 6.04 Å². The van der Waals surface area contributed by atoms with Gasteiger partial charge in [-0.3, -0.25) is 0 Å². The van der Waals surface area contributed by atoms with E-state index in [9.17, 15) is 0 Å². The molecule has 3 heteroatoms. The second-order valence-electron chi connectivity index (χ2n) is 4.41. The Morgan fingerprint density at radius 3 is 2.56 bits per heavy atom. The highest BCUT2D eigenvalue weighted by Gasteiger charge is 2.27. The Morgan fingerprint density at radius 1 is 1.31 bits per heavy atom. The molecule has 0 saturated heterocycles. The van der Waals surface area contributed by atoms with Gasteiger partial charge < -0.3 is 9.64 Å². The number of rotatable bonds is 1. The van der Waals surface area contributed by atoms with Crippen LogP contribution in [-0.2, 0) is 17.8 Å². The van der Waals surface area contributed by atoms with Crippen LogP contribution >= 0.6 is 0 Å². The van der Waals surface area contributed by atoms with E-state index in [1.54, 1.807) is 0 Å². The molecule has 0 radical (unpaired) electrons. The Kier molecular flexibility index (Phi) is 2.31. The van der Waals surface area contributed by atoms with Crippen molar-refractivity contribution in [1.82, 2.24) is 4.90 Å². The highest BCUT2D eigenvalue weighted by molar-refractivity contribution is 5.76. The molecule has 3 rings (SSSR count). The molecule has 1 aromatic rings. The van der Waals surface area contributed by atoms with Crippen LogP contribution in [0.4, 0.5) is 0 Å². The lowest BCUT2D eigenvalue weighted by molar-refractivity contribution is 0.251. The van der Waals surface area contributed by atoms with Gasteiger partial charge in [-0.2, -0.15) is 0 Å². The maximum Gasteiger partial charge on any atom is 0.288 e. The van der Waals surface area contributed by atoms with Crippen molar-refractivity contribution in [1.29, 1.82) is 0 Å². The van der Waals surface area contributed by atoms with Crippen LogP contribution < -0.4 is 0 Å². The first kappa shape index (κ1) is 9.70. The molecular formula is C13H16N2O. The van der Waals surface area contributed by atoms with Crippen molar-refractivity contribution in [2.45, 2.75) is 32.5 Å². The molecule has 2 heterocycles. The Balaban J connectivity index is 1.77. The largest absolute Gasteiger partial charge is 0.463 e. The standard InChI is InChI=1S/C13H16N2O/c1-2-12-9-16-13(14-12)15-7-10-5-3-4-6-11(10)8-15/h3-6,12H,2,7-9H2,1H3/t12-/m1/s1. The summed E-state index contributed by atoms with van der Waals surface area (Å²) in [6, 6.07) is 9.74. The molecule has 3 nitrogen and oxygen atoms in total. The number of ether oxygens (including phenoxy) is 1. The molecule has 0 spiro atoms. The number of benzene rings is 1. The second kappa shape index (κ2) is 3.81. The van der Waals surface area contributed by atoms with E-state index in [-0.39, 0.29) is 0 Å². The van der Waals surface area contributed by atoms with Gasteiger partial charge in [-0.25, -0.2) is 4.99 Å². The quantitative estimate of drug-likeness (QED) is 0.718. The molecule has 0 aliphatic carbocycles. The van der Waals surface area contributed by atoms with Gasteiger partial charge in [0, 0.05) is 13.1 Å². The molecule has 16 heavy (non-hydrogen) atoms. The van der Waals surface area contributed by atoms with Crippen LogP contribution in [0.25, 0.3) is 0 Å². The Morgan fingerprint density at radius 2 is 2.00 bits per heavy atom. The van der Waals surface area contributed by atoms with Gasteiger partial charge in [0.1, 0.15) is 6.61 Å². The van der Waals surface area contributed by atoms with E-state index < -0.39 is 0 Å². The molecule has 1 aromatic carbocycles. The number of hydrogen-bond acceptors (Lipinski definition) is 3. The summed E-state index contributed by atoms with van der Waals surface area (Å²) in [7, 11) is 0. The van der Waals surface area contributed by atoms with Gasteiger partial charge in [0.15, 0.2) is 0 Å². The topological polar surface area (TPSA) is 24.8 Å². The average Bonchev–Trinajstić information content (AvgIpc) is 2.95. The van der Waals surface area contributed by atoms with E-state index >= 15 is 0 Å². The van der Waals surface area contributed by atoms with Crippen molar-refractivity contribution in [3.63, 3.8) is 0 Å². The molecule has 84 valence electrons. The number of fused-ring (bicyclic) bond motifs is 1. The zero-order valence-corrected chi connectivity index (χ0v) is 9.52. The first-order valence-corrected chi connectivity index (χ1v) is 5.89. The molecule has 0 aromatic heterocycles. The van der Waals surface area contributed by atoms with E-state index in [0.717, 1.165) is 32.1 Å². The first-order valence-electron chi connectivity index (χ1n) is 5.89. The fraction of sp³-hybridized carbons (Fsp3) is 0.462. The summed E-state index contributed by atoms with van der Waals surface area (Å²) in [5.74, 6) is 0. The zero-order chi connectivity index (χ0) is 11.0. The van der Waals surface area contributed by atoms with Crippen LogP contribution in [0, 0.1) is 0 Å². The Hall–Kier alpha value is -1.51. The Bertz CT molecular complexity index is 403. The molecule has 0 saturated carbocycles. The van der Waals surface area contributed by atoms with Crippen LogP contribution in [0.1, 0.15) is 24.5 Å². The lowest BCUT2D eigenvalue weighted by Gasteiger charge is -2.15. The molecule has 1 atom stereocenters. The fourth-order valence-electron chi connectivity index (χ4n) is 2.25. The average molecular weight is 216 g/mol. The van der Waals surface area contributed by atoms with Crippen molar-refractivity contribution < 1.29 is 4.74 Å². The summed E-state index contributed by atoms with van der Waals surface area (Å²) < 4.78 is 5.65. The van der Waals surface area contributed by atoms with Crippen LogP contribution in [0.5, 0.6) is 0 Å². The third-order valence-corrected chi connectivity index (χ3v) is 3.28. The number of hydrogen-bond donors (Lipinski definition) is 0. The summed E-state index contributed by atoms with van der Waals surface area (Å²) >= 11 is 0. The van der Waals surface area contributed by atoms with Gasteiger partial charge in [-0.15, -0.1) is 0 Å². The van der Waals surface area contributed by atoms with Gasteiger partial charge in [0.2, 0.25) is 0 Å². The third kappa shape index (κ3) is 1.56. The van der Waals surface area contributed by atoms with E-state index in [1.165, 1.54) is 11.1 Å².